The van der Waals surface area contributed by atoms with E-state index in [2.05, 4.69) is 4.90 Å². The summed E-state index contributed by atoms with van der Waals surface area (Å²) in [5.74, 6) is 0.673. The van der Waals surface area contributed by atoms with Gasteiger partial charge in [0, 0.05) is 36.9 Å². The summed E-state index contributed by atoms with van der Waals surface area (Å²) in [6, 6.07) is 14.2. The van der Waals surface area contributed by atoms with Gasteiger partial charge in [-0.2, -0.15) is 4.31 Å². The lowest BCUT2D eigenvalue weighted by Crippen LogP contribution is -2.48. The van der Waals surface area contributed by atoms with E-state index >= 15 is 0 Å². The summed E-state index contributed by atoms with van der Waals surface area (Å²) in [6.45, 7) is 6.07. The third-order valence-electron chi connectivity index (χ3n) is 4.26. The van der Waals surface area contributed by atoms with E-state index < -0.39 is 10.0 Å². The van der Waals surface area contributed by atoms with E-state index in [1.54, 1.807) is 24.3 Å². The maximum atomic E-state index is 12.9. The topological polar surface area (TPSA) is 49.9 Å². The average molecular weight is 395 g/mol. The molecule has 1 aliphatic rings. The van der Waals surface area contributed by atoms with Crippen LogP contribution in [0.5, 0.6) is 5.75 Å². The Bertz CT molecular complexity index is 828. The van der Waals surface area contributed by atoms with Gasteiger partial charge in [-0.15, -0.1) is 0 Å². The Morgan fingerprint density at radius 3 is 2.04 bits per heavy atom. The van der Waals surface area contributed by atoms with Crippen molar-refractivity contribution in [2.45, 2.75) is 24.8 Å². The summed E-state index contributed by atoms with van der Waals surface area (Å²) in [5, 5.41) is 0.694. The molecular formula is C19H23ClN2O3S. The number of nitrogens with zero attached hydrogens (tertiary/aromatic N) is 2. The molecular weight excluding hydrogens is 372 g/mol. The highest BCUT2D eigenvalue weighted by molar-refractivity contribution is 7.89. The minimum Gasteiger partial charge on any atom is -0.491 e. The second kappa shape index (κ2) is 7.86. The minimum atomic E-state index is -3.49. The number of rotatable bonds is 5. The minimum absolute atomic E-state index is 0.0541. The first-order chi connectivity index (χ1) is 12.4. The summed E-state index contributed by atoms with van der Waals surface area (Å²) in [6.07, 6.45) is 0.0541. The second-order valence-electron chi connectivity index (χ2n) is 6.51. The van der Waals surface area contributed by atoms with Gasteiger partial charge in [-0.25, -0.2) is 8.42 Å². The van der Waals surface area contributed by atoms with Crippen molar-refractivity contribution in [1.82, 2.24) is 4.31 Å². The second-order valence-corrected chi connectivity index (χ2v) is 8.88. The molecule has 0 aromatic heterocycles. The average Bonchev–Trinajstić information content (AvgIpc) is 2.62. The fraction of sp³-hybridized carbons (Fsp3) is 0.368. The number of sulfonamides is 1. The van der Waals surface area contributed by atoms with Crippen LogP contribution in [0.15, 0.2) is 53.4 Å². The molecule has 0 spiro atoms. The number of hydrogen-bond donors (Lipinski definition) is 0. The summed E-state index contributed by atoms with van der Waals surface area (Å²) in [7, 11) is -3.49. The van der Waals surface area contributed by atoms with Crippen LogP contribution < -0.4 is 9.64 Å². The number of hydrogen-bond acceptors (Lipinski definition) is 4. The van der Waals surface area contributed by atoms with Gasteiger partial charge in [-0.1, -0.05) is 11.6 Å². The van der Waals surface area contributed by atoms with E-state index in [0.29, 0.717) is 41.8 Å². The van der Waals surface area contributed by atoms with E-state index in [1.807, 2.05) is 38.1 Å². The number of benzene rings is 2. The molecule has 0 radical (unpaired) electrons. The fourth-order valence-corrected chi connectivity index (χ4v) is 4.50. The Morgan fingerprint density at radius 2 is 1.50 bits per heavy atom. The lowest BCUT2D eigenvalue weighted by atomic mass is 10.2. The van der Waals surface area contributed by atoms with Gasteiger partial charge in [0.15, 0.2) is 0 Å². The molecule has 2 aromatic rings. The SMILES string of the molecule is CC(C)Oc1ccc(S(=O)(=O)N2CCN(c3ccc(Cl)cc3)CC2)cc1. The Morgan fingerprint density at radius 1 is 0.923 bits per heavy atom. The van der Waals surface area contributed by atoms with E-state index in [9.17, 15) is 8.42 Å². The Balaban J connectivity index is 1.66. The van der Waals surface area contributed by atoms with Crippen LogP contribution in [-0.2, 0) is 10.0 Å². The van der Waals surface area contributed by atoms with Crippen LogP contribution in [0, 0.1) is 0 Å². The molecule has 1 heterocycles. The van der Waals surface area contributed by atoms with Gasteiger partial charge >= 0.3 is 0 Å². The van der Waals surface area contributed by atoms with Crippen molar-refractivity contribution in [2.24, 2.45) is 0 Å². The molecule has 0 unspecified atom stereocenters. The molecule has 1 fully saturated rings. The van der Waals surface area contributed by atoms with Crippen molar-refractivity contribution in [1.29, 1.82) is 0 Å². The highest BCUT2D eigenvalue weighted by Gasteiger charge is 2.28. The monoisotopic (exact) mass is 394 g/mol. The highest BCUT2D eigenvalue weighted by atomic mass is 35.5. The zero-order valence-electron chi connectivity index (χ0n) is 14.9. The van der Waals surface area contributed by atoms with Crippen molar-refractivity contribution in [3.63, 3.8) is 0 Å². The number of ether oxygens (including phenoxy) is 1. The molecule has 26 heavy (non-hydrogen) atoms. The number of anilines is 1. The predicted octanol–water partition coefficient (Wildman–Crippen LogP) is 3.64. The van der Waals surface area contributed by atoms with Gasteiger partial charge in [-0.05, 0) is 62.4 Å². The molecule has 2 aromatic carbocycles. The van der Waals surface area contributed by atoms with Crippen molar-refractivity contribution >= 4 is 27.3 Å². The molecule has 0 aliphatic carbocycles. The van der Waals surface area contributed by atoms with Crippen molar-refractivity contribution < 1.29 is 13.2 Å². The van der Waals surface area contributed by atoms with Gasteiger partial charge in [0.1, 0.15) is 5.75 Å². The number of halogens is 1. The molecule has 0 saturated carbocycles. The first-order valence-electron chi connectivity index (χ1n) is 8.63. The lowest BCUT2D eigenvalue weighted by Gasteiger charge is -2.35. The first-order valence-corrected chi connectivity index (χ1v) is 10.5. The van der Waals surface area contributed by atoms with Crippen molar-refractivity contribution in [3.8, 4) is 5.75 Å². The van der Waals surface area contributed by atoms with Gasteiger partial charge in [-0.3, -0.25) is 0 Å². The largest absolute Gasteiger partial charge is 0.491 e. The Hall–Kier alpha value is -1.76. The fourth-order valence-electron chi connectivity index (χ4n) is 2.95. The molecule has 1 saturated heterocycles. The standard InChI is InChI=1S/C19H23ClN2O3S/c1-15(2)25-18-7-9-19(10-8-18)26(23,24)22-13-11-21(12-14-22)17-5-3-16(20)4-6-17/h3-10,15H,11-14H2,1-2H3. The zero-order chi connectivity index (χ0) is 18.7. The number of piperazine rings is 1. The van der Waals surface area contributed by atoms with Crippen molar-refractivity contribution in [3.05, 3.63) is 53.6 Å². The zero-order valence-corrected chi connectivity index (χ0v) is 16.5. The maximum Gasteiger partial charge on any atom is 0.243 e. The Kier molecular flexibility index (Phi) is 5.75. The molecule has 0 bridgehead atoms. The van der Waals surface area contributed by atoms with Crippen LogP contribution in [0.25, 0.3) is 0 Å². The maximum absolute atomic E-state index is 12.9. The van der Waals surface area contributed by atoms with E-state index in [-0.39, 0.29) is 6.10 Å². The highest BCUT2D eigenvalue weighted by Crippen LogP contribution is 2.24. The quantitative estimate of drug-likeness (QED) is 0.776. The van der Waals surface area contributed by atoms with E-state index in [1.165, 1.54) is 4.31 Å². The van der Waals surface area contributed by atoms with Crippen LogP contribution in [0.1, 0.15) is 13.8 Å². The van der Waals surface area contributed by atoms with Gasteiger partial charge in [0.05, 0.1) is 11.0 Å². The normalized spacial score (nSPS) is 16.1. The summed E-state index contributed by atoms with van der Waals surface area (Å²) < 4.78 is 32.8. The lowest BCUT2D eigenvalue weighted by molar-refractivity contribution is 0.242. The van der Waals surface area contributed by atoms with Crippen LogP contribution in [0.3, 0.4) is 0 Å². The van der Waals surface area contributed by atoms with Crippen LogP contribution in [0.2, 0.25) is 5.02 Å². The molecule has 0 amide bonds. The third kappa shape index (κ3) is 4.31. The summed E-state index contributed by atoms with van der Waals surface area (Å²) in [4.78, 5) is 2.47. The van der Waals surface area contributed by atoms with Crippen LogP contribution in [-0.4, -0.2) is 45.0 Å². The summed E-state index contributed by atoms with van der Waals surface area (Å²) >= 11 is 5.93. The molecule has 5 nitrogen and oxygen atoms in total. The molecule has 3 rings (SSSR count). The molecule has 0 N–H and O–H groups in total. The molecule has 7 heteroatoms. The van der Waals surface area contributed by atoms with Crippen LogP contribution in [0.4, 0.5) is 5.69 Å². The smallest absolute Gasteiger partial charge is 0.243 e. The molecule has 140 valence electrons. The summed E-state index contributed by atoms with van der Waals surface area (Å²) in [5.41, 5.74) is 1.06. The molecule has 0 atom stereocenters. The van der Waals surface area contributed by atoms with Gasteiger partial charge in [0.25, 0.3) is 0 Å². The third-order valence-corrected chi connectivity index (χ3v) is 6.43. The van der Waals surface area contributed by atoms with Gasteiger partial charge in [0.2, 0.25) is 10.0 Å². The van der Waals surface area contributed by atoms with E-state index in [0.717, 1.165) is 5.69 Å². The van der Waals surface area contributed by atoms with E-state index in [4.69, 9.17) is 16.3 Å². The molecule has 1 aliphatic heterocycles. The van der Waals surface area contributed by atoms with Crippen molar-refractivity contribution in [2.75, 3.05) is 31.1 Å². The Labute approximate surface area is 160 Å². The van der Waals surface area contributed by atoms with Gasteiger partial charge < -0.3 is 9.64 Å². The van der Waals surface area contributed by atoms with Crippen LogP contribution >= 0.6 is 11.6 Å². The first kappa shape index (κ1) is 19.0. The predicted molar refractivity (Wildman–Crippen MR) is 105 cm³/mol.